The molecule has 0 aromatic heterocycles. The van der Waals surface area contributed by atoms with Crippen LogP contribution in [0.15, 0.2) is 12.1 Å². The first-order chi connectivity index (χ1) is 10.1. The summed E-state index contributed by atoms with van der Waals surface area (Å²) >= 11 is 0. The van der Waals surface area contributed by atoms with Crippen molar-refractivity contribution in [2.75, 3.05) is 34.9 Å². The zero-order chi connectivity index (χ0) is 15.8. The van der Waals surface area contributed by atoms with E-state index in [1.165, 1.54) is 0 Å². The van der Waals surface area contributed by atoms with Crippen LogP contribution in [0, 0.1) is 0 Å². The van der Waals surface area contributed by atoms with Crippen LogP contribution < -0.4 is 24.8 Å². The molecule has 0 aliphatic carbocycles. The summed E-state index contributed by atoms with van der Waals surface area (Å²) in [6.45, 7) is 2.56. The first-order valence-corrected chi connectivity index (χ1v) is 6.81. The number of hydrogen-bond donors (Lipinski definition) is 2. The van der Waals surface area contributed by atoms with Crippen LogP contribution in [-0.4, -0.2) is 40.8 Å². The Labute approximate surface area is 137 Å². The number of carbonyl (C=O) groups is 1. The number of halogens is 1. The number of nitrogens with one attached hydrogen (secondary N) is 2. The van der Waals surface area contributed by atoms with Crippen LogP contribution >= 0.6 is 12.4 Å². The number of methoxy groups -OCH3 is 3. The molecule has 6 nitrogen and oxygen atoms in total. The van der Waals surface area contributed by atoms with Gasteiger partial charge in [-0.15, -0.1) is 12.4 Å². The number of hydrogen-bond acceptors (Lipinski definition) is 5. The second kappa shape index (κ2) is 10.1. The van der Waals surface area contributed by atoms with Crippen LogP contribution in [0.2, 0.25) is 0 Å². The van der Waals surface area contributed by atoms with Crippen LogP contribution in [0.4, 0.5) is 0 Å². The Bertz CT molecular complexity index is 458. The van der Waals surface area contributed by atoms with Crippen LogP contribution in [0.25, 0.3) is 0 Å². The van der Waals surface area contributed by atoms with Gasteiger partial charge in [0.15, 0.2) is 11.5 Å². The SMILES string of the molecule is CNCCC(=O)NC(C)c1cc(OC)c(OC)c(OC)c1.Cl. The Balaban J connectivity index is 0.00000441. The van der Waals surface area contributed by atoms with Crippen LogP contribution in [0.5, 0.6) is 17.2 Å². The summed E-state index contributed by atoms with van der Waals surface area (Å²) in [6, 6.07) is 3.53. The van der Waals surface area contributed by atoms with E-state index in [4.69, 9.17) is 14.2 Å². The lowest BCUT2D eigenvalue weighted by molar-refractivity contribution is -0.121. The first-order valence-electron chi connectivity index (χ1n) is 6.81. The molecular formula is C15H25ClN2O4. The summed E-state index contributed by atoms with van der Waals surface area (Å²) < 4.78 is 15.9. The molecule has 0 saturated carbocycles. The average molecular weight is 333 g/mol. The van der Waals surface area contributed by atoms with Crippen molar-refractivity contribution in [3.63, 3.8) is 0 Å². The van der Waals surface area contributed by atoms with Gasteiger partial charge < -0.3 is 24.8 Å². The summed E-state index contributed by atoms with van der Waals surface area (Å²) in [6.07, 6.45) is 0.436. The smallest absolute Gasteiger partial charge is 0.221 e. The average Bonchev–Trinajstić information content (AvgIpc) is 2.51. The van der Waals surface area contributed by atoms with Gasteiger partial charge in [0, 0.05) is 13.0 Å². The molecular weight excluding hydrogens is 308 g/mol. The van der Waals surface area contributed by atoms with Gasteiger partial charge in [-0.25, -0.2) is 0 Å². The van der Waals surface area contributed by atoms with Crippen LogP contribution in [0.3, 0.4) is 0 Å². The van der Waals surface area contributed by atoms with Crippen molar-refractivity contribution < 1.29 is 19.0 Å². The van der Waals surface area contributed by atoms with Crippen LogP contribution in [-0.2, 0) is 4.79 Å². The maximum atomic E-state index is 11.8. The second-order valence-electron chi connectivity index (χ2n) is 4.60. The predicted molar refractivity (Wildman–Crippen MR) is 88.4 cm³/mol. The monoisotopic (exact) mass is 332 g/mol. The molecule has 0 bridgehead atoms. The molecule has 0 radical (unpaired) electrons. The third-order valence-electron chi connectivity index (χ3n) is 3.17. The van der Waals surface area contributed by atoms with E-state index in [2.05, 4.69) is 10.6 Å². The highest BCUT2D eigenvalue weighted by atomic mass is 35.5. The molecule has 0 aliphatic rings. The van der Waals surface area contributed by atoms with Gasteiger partial charge in [0.25, 0.3) is 0 Å². The van der Waals surface area contributed by atoms with Gasteiger partial charge in [0.05, 0.1) is 27.4 Å². The molecule has 7 heteroatoms. The van der Waals surface area contributed by atoms with Gasteiger partial charge in [-0.2, -0.15) is 0 Å². The van der Waals surface area contributed by atoms with E-state index in [9.17, 15) is 4.79 Å². The van der Waals surface area contributed by atoms with E-state index >= 15 is 0 Å². The van der Waals surface area contributed by atoms with Crippen LogP contribution in [0.1, 0.15) is 24.9 Å². The minimum absolute atomic E-state index is 0. The molecule has 1 atom stereocenters. The fraction of sp³-hybridized carbons (Fsp3) is 0.533. The zero-order valence-electron chi connectivity index (χ0n) is 13.7. The Hall–Kier alpha value is -1.66. The van der Waals surface area contributed by atoms with Gasteiger partial charge in [0.1, 0.15) is 0 Å². The highest BCUT2D eigenvalue weighted by molar-refractivity contribution is 5.85. The lowest BCUT2D eigenvalue weighted by atomic mass is 10.1. The molecule has 1 rings (SSSR count). The van der Waals surface area contributed by atoms with Gasteiger partial charge in [-0.05, 0) is 31.7 Å². The molecule has 2 N–H and O–H groups in total. The highest BCUT2D eigenvalue weighted by Crippen LogP contribution is 2.39. The Morgan fingerprint density at radius 1 is 1.14 bits per heavy atom. The molecule has 1 aromatic carbocycles. The number of rotatable bonds is 8. The minimum atomic E-state index is -0.150. The third-order valence-corrected chi connectivity index (χ3v) is 3.17. The summed E-state index contributed by atoms with van der Waals surface area (Å²) in [4.78, 5) is 11.8. The minimum Gasteiger partial charge on any atom is -0.493 e. The maximum Gasteiger partial charge on any atom is 0.221 e. The standard InChI is InChI=1S/C15H24N2O4.ClH/c1-10(17-14(18)6-7-16-2)11-8-12(19-3)15(21-5)13(9-11)20-4;/h8-10,16H,6-7H2,1-5H3,(H,17,18);1H. The molecule has 0 spiro atoms. The van der Waals surface area contributed by atoms with E-state index < -0.39 is 0 Å². The van der Waals surface area contributed by atoms with Gasteiger partial charge in [0.2, 0.25) is 11.7 Å². The molecule has 0 saturated heterocycles. The summed E-state index contributed by atoms with van der Waals surface area (Å²) in [7, 11) is 6.51. The van der Waals surface area contributed by atoms with Gasteiger partial charge >= 0.3 is 0 Å². The molecule has 0 heterocycles. The molecule has 1 unspecified atom stereocenters. The summed E-state index contributed by atoms with van der Waals surface area (Å²) in [5.74, 6) is 1.68. The van der Waals surface area contributed by atoms with E-state index in [1.807, 2.05) is 26.1 Å². The lowest BCUT2D eigenvalue weighted by Crippen LogP contribution is -2.29. The van der Waals surface area contributed by atoms with E-state index in [0.29, 0.717) is 30.2 Å². The molecule has 126 valence electrons. The van der Waals surface area contributed by atoms with E-state index in [-0.39, 0.29) is 24.4 Å². The normalized spacial score (nSPS) is 11.1. The molecule has 0 fully saturated rings. The Kier molecular flexibility index (Phi) is 9.37. The van der Waals surface area contributed by atoms with E-state index in [1.54, 1.807) is 21.3 Å². The van der Waals surface area contributed by atoms with Crippen molar-refractivity contribution in [1.82, 2.24) is 10.6 Å². The Morgan fingerprint density at radius 3 is 2.09 bits per heavy atom. The van der Waals surface area contributed by atoms with Crippen molar-refractivity contribution in [2.45, 2.75) is 19.4 Å². The van der Waals surface area contributed by atoms with Crippen molar-refractivity contribution in [3.05, 3.63) is 17.7 Å². The summed E-state index contributed by atoms with van der Waals surface area (Å²) in [5.41, 5.74) is 0.891. The number of benzene rings is 1. The van der Waals surface area contributed by atoms with E-state index in [0.717, 1.165) is 5.56 Å². The third kappa shape index (κ3) is 5.27. The van der Waals surface area contributed by atoms with Crippen molar-refractivity contribution in [1.29, 1.82) is 0 Å². The quantitative estimate of drug-likeness (QED) is 0.761. The number of amides is 1. The zero-order valence-corrected chi connectivity index (χ0v) is 14.5. The predicted octanol–water partition coefficient (Wildman–Crippen LogP) is 1.92. The first kappa shape index (κ1) is 20.3. The molecule has 1 aromatic rings. The van der Waals surface area contributed by atoms with Gasteiger partial charge in [-0.3, -0.25) is 4.79 Å². The largest absolute Gasteiger partial charge is 0.493 e. The highest BCUT2D eigenvalue weighted by Gasteiger charge is 2.17. The number of carbonyl (C=O) groups excluding carboxylic acids is 1. The van der Waals surface area contributed by atoms with Crippen molar-refractivity contribution >= 4 is 18.3 Å². The maximum absolute atomic E-state index is 11.8. The summed E-state index contributed by atoms with van der Waals surface area (Å²) in [5, 5.41) is 5.89. The fourth-order valence-corrected chi connectivity index (χ4v) is 1.99. The topological polar surface area (TPSA) is 68.8 Å². The number of ether oxygens (including phenoxy) is 3. The van der Waals surface area contributed by atoms with Crippen molar-refractivity contribution in [2.24, 2.45) is 0 Å². The lowest BCUT2D eigenvalue weighted by Gasteiger charge is -2.18. The second-order valence-corrected chi connectivity index (χ2v) is 4.60. The van der Waals surface area contributed by atoms with Gasteiger partial charge in [-0.1, -0.05) is 0 Å². The van der Waals surface area contributed by atoms with Crippen molar-refractivity contribution in [3.8, 4) is 17.2 Å². The fourth-order valence-electron chi connectivity index (χ4n) is 1.99. The molecule has 1 amide bonds. The molecule has 22 heavy (non-hydrogen) atoms. The molecule has 0 aliphatic heterocycles. The Morgan fingerprint density at radius 2 is 1.68 bits per heavy atom.